The number of hydrogen-bond acceptors (Lipinski definition) is 21. The molecule has 0 N–H and O–H groups in total. The van der Waals surface area contributed by atoms with Gasteiger partial charge in [-0.1, -0.05) is 59.7 Å². The van der Waals surface area contributed by atoms with Gasteiger partial charge in [-0.2, -0.15) is 13.2 Å². The molecule has 88 heavy (non-hydrogen) atoms. The number of ketones is 1. The molecule has 7 saturated heterocycles. The zero-order valence-corrected chi connectivity index (χ0v) is 57.0. The summed E-state index contributed by atoms with van der Waals surface area (Å²) in [6.45, 7) is 48.1. The first-order valence-electron chi connectivity index (χ1n) is 28.7. The third-order valence-corrected chi connectivity index (χ3v) is 12.4. The maximum absolute atomic E-state index is 11.5. The predicted molar refractivity (Wildman–Crippen MR) is 333 cm³/mol. The second kappa shape index (κ2) is 54.3. The summed E-state index contributed by atoms with van der Waals surface area (Å²) in [6, 6.07) is 0. The van der Waals surface area contributed by atoms with Crippen molar-refractivity contribution < 1.29 is 113 Å². The number of alkyl halides is 3. The van der Waals surface area contributed by atoms with Gasteiger partial charge >= 0.3 is 24.1 Å². The lowest BCUT2D eigenvalue weighted by molar-refractivity contribution is -0.148. The number of esters is 3. The number of allylic oxidation sites excluding steroid dienone is 1. The number of methoxy groups -OCH3 is 10. The minimum absolute atomic E-state index is 0.0781. The summed E-state index contributed by atoms with van der Waals surface area (Å²) < 4.78 is 115. The number of epoxide rings is 5. The molecule has 0 aromatic heterocycles. The SMILES string of the molecule is C=C(C(=O)OC)C(F)(F)F.C=C(C)C(=O)OC.C=CC(=O)CC.C=CC(=O)OC.C=CCOC.C=COC.CC1CO1.CC1OC1(C)C.CCC1(COC)COC1.COCC1(C)CO1.COCC1(C)COC1.COCC1CCC2OC2C1.COCC1CO1. The van der Waals surface area contributed by atoms with E-state index in [1.165, 1.54) is 52.2 Å². The van der Waals surface area contributed by atoms with Crippen LogP contribution in [0.3, 0.4) is 0 Å². The molecule has 1 saturated carbocycles. The van der Waals surface area contributed by atoms with Gasteiger partial charge in [-0.25, -0.2) is 14.4 Å². The summed E-state index contributed by atoms with van der Waals surface area (Å²) in [4.78, 5) is 40.2. The van der Waals surface area contributed by atoms with Crippen molar-refractivity contribution in [3.05, 3.63) is 75.1 Å². The molecule has 7 heterocycles. The fourth-order valence-electron chi connectivity index (χ4n) is 5.98. The monoisotopic (exact) mass is 1280 g/mol. The van der Waals surface area contributed by atoms with Crippen molar-refractivity contribution in [3.8, 4) is 0 Å². The van der Waals surface area contributed by atoms with E-state index >= 15 is 0 Å². The fraction of sp³-hybridized carbons (Fsp3) is 0.750. The van der Waals surface area contributed by atoms with Crippen LogP contribution in [0.2, 0.25) is 0 Å². The van der Waals surface area contributed by atoms with Gasteiger partial charge in [0.05, 0.1) is 144 Å². The van der Waals surface area contributed by atoms with Gasteiger partial charge in [0.2, 0.25) is 0 Å². The molecular weight excluding hydrogens is 1160 g/mol. The van der Waals surface area contributed by atoms with Gasteiger partial charge in [-0.15, -0.1) is 6.58 Å². The van der Waals surface area contributed by atoms with Crippen molar-refractivity contribution in [1.29, 1.82) is 0 Å². The van der Waals surface area contributed by atoms with E-state index in [2.05, 4.69) is 105 Å². The number of rotatable bonds is 19. The summed E-state index contributed by atoms with van der Waals surface area (Å²) >= 11 is 0. The van der Waals surface area contributed by atoms with Crippen LogP contribution in [-0.4, -0.2) is 229 Å². The third-order valence-electron chi connectivity index (χ3n) is 12.4. The maximum atomic E-state index is 11.5. The zero-order valence-electron chi connectivity index (χ0n) is 57.0. The average molecular weight is 1280 g/mol. The van der Waals surface area contributed by atoms with E-state index in [0.29, 0.717) is 60.0 Å². The molecule has 1 aliphatic carbocycles. The van der Waals surface area contributed by atoms with Crippen molar-refractivity contribution in [3.63, 3.8) is 0 Å². The quantitative estimate of drug-likeness (QED) is 0.0292. The second-order valence-corrected chi connectivity index (χ2v) is 21.6. The molecule has 8 aliphatic rings. The Balaban J connectivity index is -0.000000285. The van der Waals surface area contributed by atoms with Crippen LogP contribution in [-0.2, 0) is 99.7 Å². The lowest BCUT2D eigenvalue weighted by Crippen LogP contribution is -2.45. The van der Waals surface area contributed by atoms with Crippen LogP contribution < -0.4 is 0 Å². The van der Waals surface area contributed by atoms with E-state index < -0.39 is 23.7 Å². The van der Waals surface area contributed by atoms with E-state index in [0.717, 1.165) is 98.4 Å². The number of carbonyl (C=O) groups excluding carboxylic acids is 4. The van der Waals surface area contributed by atoms with E-state index in [1.54, 1.807) is 62.8 Å². The molecule has 8 rings (SSSR count). The molecule has 0 aromatic carbocycles. The van der Waals surface area contributed by atoms with Crippen LogP contribution in [0.4, 0.5) is 13.2 Å². The lowest BCUT2D eigenvalue weighted by Gasteiger charge is -2.39. The van der Waals surface area contributed by atoms with Gasteiger partial charge < -0.3 is 80.5 Å². The molecule has 0 bridgehead atoms. The van der Waals surface area contributed by atoms with Crippen molar-refractivity contribution in [2.75, 3.05) is 157 Å². The Kier molecular flexibility index (Phi) is 57.0. The van der Waals surface area contributed by atoms with E-state index in [4.69, 9.17) is 56.8 Å². The first kappa shape index (κ1) is 92.3. The lowest BCUT2D eigenvalue weighted by atomic mass is 9.84. The molecule has 24 heteroatoms. The number of carbonyl (C=O) groups is 4. The molecule has 0 aromatic rings. The van der Waals surface area contributed by atoms with Crippen LogP contribution in [0, 0.1) is 16.7 Å². The fourth-order valence-corrected chi connectivity index (χ4v) is 5.98. The molecule has 0 spiro atoms. The highest BCUT2D eigenvalue weighted by Crippen LogP contribution is 2.39. The predicted octanol–water partition coefficient (Wildman–Crippen LogP) is 10.1. The van der Waals surface area contributed by atoms with Crippen LogP contribution in [0.1, 0.15) is 94.4 Å². The van der Waals surface area contributed by atoms with Crippen LogP contribution in [0.25, 0.3) is 0 Å². The molecule has 7 unspecified atom stereocenters. The summed E-state index contributed by atoms with van der Waals surface area (Å²) in [7, 11) is 15.3. The number of ether oxygens (including phenoxy) is 17. The number of halogens is 3. The first-order valence-corrected chi connectivity index (χ1v) is 28.7. The highest BCUT2D eigenvalue weighted by atomic mass is 19.4. The number of hydrogen-bond donors (Lipinski definition) is 0. The molecule has 7 atom stereocenters. The molecule has 0 amide bonds. The summed E-state index contributed by atoms with van der Waals surface area (Å²) in [5.74, 6) is -1.31. The summed E-state index contributed by atoms with van der Waals surface area (Å²) in [5, 5.41) is 0. The second-order valence-electron chi connectivity index (χ2n) is 21.6. The van der Waals surface area contributed by atoms with Gasteiger partial charge in [0.15, 0.2) is 5.78 Å². The smallest absolute Gasteiger partial charge is 0.422 e. The van der Waals surface area contributed by atoms with E-state index in [-0.39, 0.29) is 23.0 Å². The largest absolute Gasteiger partial charge is 0.505 e. The Morgan fingerprint density at radius 3 is 1.26 bits per heavy atom. The first-order chi connectivity index (χ1) is 41.2. The van der Waals surface area contributed by atoms with Crippen molar-refractivity contribution in [2.45, 2.75) is 142 Å². The van der Waals surface area contributed by atoms with Gasteiger partial charge in [-0.05, 0) is 79.2 Å². The highest BCUT2D eigenvalue weighted by Gasteiger charge is 2.44. The van der Waals surface area contributed by atoms with Gasteiger partial charge in [0.1, 0.15) is 17.3 Å². The number of fused-ring (bicyclic) bond motifs is 1. The van der Waals surface area contributed by atoms with Crippen molar-refractivity contribution in [1.82, 2.24) is 0 Å². The van der Waals surface area contributed by atoms with Crippen LogP contribution in [0.5, 0.6) is 0 Å². The van der Waals surface area contributed by atoms with E-state index in [9.17, 15) is 32.3 Å². The molecule has 21 nitrogen and oxygen atoms in total. The van der Waals surface area contributed by atoms with Crippen LogP contribution in [0.15, 0.2) is 75.1 Å². The topological polar surface area (TPSA) is 242 Å². The molecule has 518 valence electrons. The van der Waals surface area contributed by atoms with E-state index in [1.807, 2.05) is 13.8 Å². The molecule has 8 fully saturated rings. The minimum Gasteiger partial charge on any atom is -0.505 e. The van der Waals surface area contributed by atoms with Crippen LogP contribution >= 0.6 is 0 Å². The van der Waals surface area contributed by atoms with Crippen molar-refractivity contribution >= 4 is 23.7 Å². The van der Waals surface area contributed by atoms with Gasteiger partial charge in [0, 0.05) is 78.2 Å². The molecular formula is C64H115F3O21. The van der Waals surface area contributed by atoms with Gasteiger partial charge in [-0.3, -0.25) is 4.79 Å². The standard InChI is InChI=1S/C8H14O2.C7H14O2.C6H12O2.C5H5F3O2.C5H10O2.C5H8O2.C5H10O.C5H8O.C4H8O2.C4H6O2.C4H8O.2C3H6O/c1-9-5-6-2-3-7-8(4-6)10-7;1-3-7(4-8-2)5-9-6-7;1-6(3-7-2)4-8-5-6;1-3(4(9)10-2)5(6,7)8;1-5(3-6-2)4-7-5;1-4(2)5(6)7-3;1-4-5(2,3)6-4;1-3-5(6)4-2;1-5-2-4-3-6-4;1-3-4(5)6-2;1-3-4-5-2;1-3-2-4-3;1-3-4-2/h6-8H,2-5H2,1H3;3-6H2,1-2H3;3-5H2,1-2H3;1H2,2H3;3-4H2,1-2H3;1H2,2-3H3;4H,1-3H3;3H,1,4H2,2H3;4H,2-3H2,1H3;3H,1H2,2H3;3H,1,4H2,2H3;3H,2H2,1H3;3H,1H2,2H3. The molecule has 7 aliphatic heterocycles. The average Bonchev–Trinajstić information content (AvgIpc) is 3.57. The summed E-state index contributed by atoms with van der Waals surface area (Å²) in [6.07, 6.45) is 9.12. The normalized spacial score (nSPS) is 22.8. The Morgan fingerprint density at radius 2 is 1.12 bits per heavy atom. The summed E-state index contributed by atoms with van der Waals surface area (Å²) in [5.41, 5.74) is -0.0735. The Bertz CT molecular complexity index is 1830. The van der Waals surface area contributed by atoms with Crippen molar-refractivity contribution in [2.24, 2.45) is 16.7 Å². The highest BCUT2D eigenvalue weighted by molar-refractivity contribution is 5.89. The minimum atomic E-state index is -4.69. The Hall–Kier alpha value is -4.41. The third kappa shape index (κ3) is 56.8. The Morgan fingerprint density at radius 1 is 0.648 bits per heavy atom. The zero-order chi connectivity index (χ0) is 69.0. The molecule has 0 radical (unpaired) electrons. The van der Waals surface area contributed by atoms with Gasteiger partial charge in [0.25, 0.3) is 0 Å². The Labute approximate surface area is 526 Å². The maximum Gasteiger partial charge on any atom is 0.422 e.